The van der Waals surface area contributed by atoms with Crippen molar-refractivity contribution < 1.29 is 50.5 Å². The minimum atomic E-state index is -2.15. The van der Waals surface area contributed by atoms with Gasteiger partial charge in [-0.3, -0.25) is 0 Å². The van der Waals surface area contributed by atoms with Gasteiger partial charge in [-0.2, -0.15) is 0 Å². The van der Waals surface area contributed by atoms with Gasteiger partial charge in [-0.15, -0.1) is 0 Å². The van der Waals surface area contributed by atoms with Crippen LogP contribution in [0.25, 0.3) is 11.1 Å². The Labute approximate surface area is 176 Å². The van der Waals surface area contributed by atoms with E-state index in [4.69, 9.17) is 4.74 Å². The fraction of sp³-hybridized carbons (Fsp3) is 0.227. The standard InChI is InChI=1S/C14H11O.C5H5.C3H6.2ClH.Hf/c1-15-13-8-4-6-11-9-10-5-2-3-7-12(10)14(11)13;1-2-4-5-3-1;1-3-2;;;/h2-5,7-8H,9H2,1H3;1-3H,4H2;1-2H3;2*1H;/q;;;;;+2/p-2. The molecule has 0 unspecified atom stereocenters. The van der Waals surface area contributed by atoms with Gasteiger partial charge in [0.15, 0.2) is 0 Å². The predicted octanol–water partition coefficient (Wildman–Crippen LogP) is -1.43. The molecule has 0 N–H and O–H groups in total. The molecule has 0 heterocycles. The number of hydrogen-bond acceptors (Lipinski definition) is 1. The minimum absolute atomic E-state index is 0. The van der Waals surface area contributed by atoms with Gasteiger partial charge in [0.2, 0.25) is 0 Å². The van der Waals surface area contributed by atoms with Crippen molar-refractivity contribution in [3.8, 4) is 16.9 Å². The molecular formula is C22H22Cl2HfO. The van der Waals surface area contributed by atoms with E-state index in [-0.39, 0.29) is 24.8 Å². The van der Waals surface area contributed by atoms with Crippen LogP contribution in [0, 0.1) is 0 Å². The zero-order valence-corrected chi connectivity index (χ0v) is 20.4. The van der Waals surface area contributed by atoms with Crippen LogP contribution in [-0.4, -0.2) is 10.4 Å². The molecule has 1 nitrogen and oxygen atoms in total. The quantitative estimate of drug-likeness (QED) is 0.363. The van der Waals surface area contributed by atoms with Gasteiger partial charge in [0.1, 0.15) is 0 Å². The Kier molecular flexibility index (Phi) is 7.24. The SMILES string of the molecule is COc1cc[c]([Hf+2]([C]2=CC=CC2)=[C](C)C)c2c1-c1ccccc1C2.[Cl-].[Cl-]. The first-order valence-electron chi connectivity index (χ1n) is 8.52. The van der Waals surface area contributed by atoms with E-state index in [1.165, 1.54) is 22.3 Å². The molecule has 26 heavy (non-hydrogen) atoms. The van der Waals surface area contributed by atoms with Crippen molar-refractivity contribution in [2.24, 2.45) is 0 Å². The number of halogens is 2. The van der Waals surface area contributed by atoms with E-state index in [9.17, 15) is 0 Å². The molecule has 0 bridgehead atoms. The minimum Gasteiger partial charge on any atom is -1.00 e. The van der Waals surface area contributed by atoms with Crippen molar-refractivity contribution in [3.05, 3.63) is 69.1 Å². The van der Waals surface area contributed by atoms with Gasteiger partial charge in [0.25, 0.3) is 0 Å². The van der Waals surface area contributed by atoms with Crippen LogP contribution >= 0.6 is 0 Å². The van der Waals surface area contributed by atoms with Gasteiger partial charge >= 0.3 is 152 Å². The van der Waals surface area contributed by atoms with E-state index in [0.717, 1.165) is 18.6 Å². The zero-order chi connectivity index (χ0) is 16.7. The largest absolute Gasteiger partial charge is 1.00 e. The number of fused-ring (bicyclic) bond motifs is 3. The zero-order valence-electron chi connectivity index (χ0n) is 15.3. The summed E-state index contributed by atoms with van der Waals surface area (Å²) in [6.07, 6.45) is 9.14. The Balaban J connectivity index is 0.00000121. The maximum atomic E-state index is 5.72. The van der Waals surface area contributed by atoms with Crippen LogP contribution in [0.2, 0.25) is 0 Å². The monoisotopic (exact) mass is 552 g/mol. The van der Waals surface area contributed by atoms with Gasteiger partial charge < -0.3 is 24.8 Å². The molecule has 2 aromatic carbocycles. The number of methoxy groups -OCH3 is 1. The number of hydrogen-bond donors (Lipinski definition) is 0. The van der Waals surface area contributed by atoms with E-state index in [2.05, 4.69) is 68.5 Å². The van der Waals surface area contributed by atoms with Crippen molar-refractivity contribution in [3.63, 3.8) is 0 Å². The summed E-state index contributed by atoms with van der Waals surface area (Å²) >= 11 is -2.15. The molecule has 0 aliphatic heterocycles. The topological polar surface area (TPSA) is 9.23 Å². The van der Waals surface area contributed by atoms with Crippen LogP contribution in [0.4, 0.5) is 0 Å². The van der Waals surface area contributed by atoms with E-state index >= 15 is 0 Å². The summed E-state index contributed by atoms with van der Waals surface area (Å²) in [5.74, 6) is 1.02. The van der Waals surface area contributed by atoms with E-state index in [1.54, 1.807) is 17.0 Å². The average Bonchev–Trinajstić information content (AvgIpc) is 3.22. The fourth-order valence-corrected chi connectivity index (χ4v) is 14.4. The normalized spacial score (nSPS) is 12.8. The van der Waals surface area contributed by atoms with Gasteiger partial charge in [-0.25, -0.2) is 0 Å². The molecule has 0 saturated heterocycles. The molecule has 2 aliphatic carbocycles. The Morgan fingerprint density at radius 1 is 1.04 bits per heavy atom. The molecule has 4 rings (SSSR count). The third kappa shape index (κ3) is 3.56. The summed E-state index contributed by atoms with van der Waals surface area (Å²) in [6, 6.07) is 13.4. The second-order valence-corrected chi connectivity index (χ2v) is 17.2. The molecule has 134 valence electrons. The number of rotatable bonds is 3. The number of benzene rings is 2. The van der Waals surface area contributed by atoms with Crippen molar-refractivity contribution in [2.45, 2.75) is 26.7 Å². The summed E-state index contributed by atoms with van der Waals surface area (Å²) in [7, 11) is 1.79. The second-order valence-electron chi connectivity index (χ2n) is 6.70. The third-order valence-electron chi connectivity index (χ3n) is 5.01. The maximum Gasteiger partial charge on any atom is -1.00 e. The Morgan fingerprint density at radius 3 is 2.46 bits per heavy atom. The van der Waals surface area contributed by atoms with Crippen LogP contribution in [0.1, 0.15) is 31.4 Å². The Bertz CT molecular complexity index is 922. The Morgan fingerprint density at radius 2 is 1.81 bits per heavy atom. The maximum absolute atomic E-state index is 5.72. The second kappa shape index (κ2) is 8.82. The summed E-state index contributed by atoms with van der Waals surface area (Å²) in [4.78, 5) is 0. The van der Waals surface area contributed by atoms with Crippen LogP contribution in [0.3, 0.4) is 0 Å². The van der Waals surface area contributed by atoms with Crippen LogP contribution in [0.5, 0.6) is 5.75 Å². The van der Waals surface area contributed by atoms with Crippen LogP contribution in [0.15, 0.2) is 58.0 Å². The van der Waals surface area contributed by atoms with Gasteiger partial charge in [0, 0.05) is 0 Å². The average molecular weight is 552 g/mol. The summed E-state index contributed by atoms with van der Waals surface area (Å²) in [5.41, 5.74) is 5.69. The predicted molar refractivity (Wildman–Crippen MR) is 99.1 cm³/mol. The van der Waals surface area contributed by atoms with Crippen molar-refractivity contribution in [2.75, 3.05) is 7.11 Å². The van der Waals surface area contributed by atoms with E-state index in [1.807, 2.05) is 0 Å². The molecule has 0 spiro atoms. The molecule has 0 amide bonds. The molecule has 2 aliphatic rings. The first kappa shape index (κ1) is 21.3. The van der Waals surface area contributed by atoms with Crippen molar-refractivity contribution >= 4 is 6.58 Å². The molecule has 0 atom stereocenters. The molecule has 2 aromatic rings. The number of ether oxygens (including phenoxy) is 1. The first-order valence-corrected chi connectivity index (χ1v) is 13.9. The van der Waals surface area contributed by atoms with Gasteiger partial charge in [-0.05, 0) is 0 Å². The first-order chi connectivity index (χ1) is 11.7. The molecular weight excluding hydrogens is 530 g/mol. The van der Waals surface area contributed by atoms with E-state index < -0.39 is 21.0 Å². The summed E-state index contributed by atoms with van der Waals surface area (Å²) in [5, 5.41) is 0. The van der Waals surface area contributed by atoms with Crippen molar-refractivity contribution in [1.82, 2.24) is 0 Å². The number of allylic oxidation sites excluding steroid dienone is 4. The Hall–Kier alpha value is -0.960. The molecule has 0 radical (unpaired) electrons. The van der Waals surface area contributed by atoms with Crippen LogP contribution < -0.4 is 32.9 Å². The smallest absolute Gasteiger partial charge is 1.00 e. The third-order valence-corrected chi connectivity index (χ3v) is 15.9. The fourth-order valence-electron chi connectivity index (χ4n) is 4.01. The molecule has 4 heteroatoms. The van der Waals surface area contributed by atoms with Gasteiger partial charge in [-0.1, -0.05) is 0 Å². The molecule has 0 aromatic heterocycles. The summed E-state index contributed by atoms with van der Waals surface area (Å²) in [6.45, 7) is 4.69. The van der Waals surface area contributed by atoms with Crippen molar-refractivity contribution in [1.29, 1.82) is 0 Å². The summed E-state index contributed by atoms with van der Waals surface area (Å²) < 4.78 is 10.8. The van der Waals surface area contributed by atoms with E-state index in [0.29, 0.717) is 0 Å². The molecule has 0 fully saturated rings. The molecule has 0 saturated carbocycles. The van der Waals surface area contributed by atoms with Crippen LogP contribution in [-0.2, 0) is 27.4 Å². The van der Waals surface area contributed by atoms with Gasteiger partial charge in [0.05, 0.1) is 0 Å².